The maximum absolute atomic E-state index is 2.25. The van der Waals surface area contributed by atoms with E-state index in [2.05, 4.69) is 33.7 Å². The maximum Gasteiger partial charge on any atom is 0.275 e. The molecule has 0 atom stereocenters. The van der Waals surface area contributed by atoms with Crippen molar-refractivity contribution in [1.29, 1.82) is 0 Å². The lowest BCUT2D eigenvalue weighted by atomic mass is 10.6. The van der Waals surface area contributed by atoms with Gasteiger partial charge in [-0.25, -0.2) is 11.6 Å². The molecule has 3 heteroatoms. The van der Waals surface area contributed by atoms with Gasteiger partial charge in [0.05, 0.1) is 0 Å². The van der Waals surface area contributed by atoms with Crippen molar-refractivity contribution >= 4 is 38.4 Å². The van der Waals surface area contributed by atoms with Crippen molar-refractivity contribution in [2.75, 3.05) is 5.75 Å². The van der Waals surface area contributed by atoms with Gasteiger partial charge in [-0.3, -0.25) is 0 Å². The summed E-state index contributed by atoms with van der Waals surface area (Å²) in [7, 11) is 0. The molecule has 0 aliphatic carbocycles. The summed E-state index contributed by atoms with van der Waals surface area (Å²) in [5.41, 5.74) is 0. The van der Waals surface area contributed by atoms with E-state index >= 15 is 0 Å². The SMILES string of the molecule is CCCS[B]I. The lowest BCUT2D eigenvalue weighted by Crippen LogP contribution is -1.72. The van der Waals surface area contributed by atoms with E-state index < -0.39 is 0 Å². The second-order valence-corrected chi connectivity index (χ2v) is 3.41. The molecule has 0 heterocycles. The fourth-order valence-electron chi connectivity index (χ4n) is 0.162. The van der Waals surface area contributed by atoms with Crippen molar-refractivity contribution in [3.8, 4) is 0 Å². The van der Waals surface area contributed by atoms with Gasteiger partial charge in [-0.15, -0.1) is 22.4 Å². The third kappa shape index (κ3) is 5.14. The first kappa shape index (κ1) is 7.14. The van der Waals surface area contributed by atoms with E-state index in [1.807, 2.05) is 11.6 Å². The predicted molar refractivity (Wildman–Crippen MR) is 42.5 cm³/mol. The lowest BCUT2D eigenvalue weighted by Gasteiger charge is -1.84. The third-order valence-electron chi connectivity index (χ3n) is 0.385. The summed E-state index contributed by atoms with van der Waals surface area (Å²) in [5, 5.41) is 0. The molecular formula is C3H7BIS. The summed E-state index contributed by atoms with van der Waals surface area (Å²) >= 11 is 4.12. The monoisotopic (exact) mass is 213 g/mol. The summed E-state index contributed by atoms with van der Waals surface area (Å²) in [5.74, 6) is 1.27. The molecule has 0 aromatic heterocycles. The molecule has 0 saturated heterocycles. The van der Waals surface area contributed by atoms with E-state index in [4.69, 9.17) is 0 Å². The minimum Gasteiger partial charge on any atom is -0.202 e. The first-order chi connectivity index (χ1) is 2.91. The van der Waals surface area contributed by atoms with Gasteiger partial charge in [0.2, 0.25) is 0 Å². The zero-order chi connectivity index (χ0) is 4.83. The fourth-order valence-corrected chi connectivity index (χ4v) is 1.25. The quantitative estimate of drug-likeness (QED) is 0.393. The van der Waals surface area contributed by atoms with Crippen LogP contribution >= 0.6 is 34.0 Å². The summed E-state index contributed by atoms with van der Waals surface area (Å²) in [4.78, 5) is 0. The van der Waals surface area contributed by atoms with Crippen LogP contribution in [0.3, 0.4) is 0 Å². The lowest BCUT2D eigenvalue weighted by molar-refractivity contribution is 1.11. The molecule has 6 heavy (non-hydrogen) atoms. The topological polar surface area (TPSA) is 0 Å². The number of hydrogen-bond donors (Lipinski definition) is 0. The largest absolute Gasteiger partial charge is 0.275 e. The second-order valence-electron chi connectivity index (χ2n) is 0.960. The summed E-state index contributed by atoms with van der Waals surface area (Å²) < 4.78 is 2.10. The Balaban J connectivity index is 2.34. The van der Waals surface area contributed by atoms with E-state index in [1.54, 1.807) is 0 Å². The highest BCUT2D eigenvalue weighted by Gasteiger charge is 1.79. The Morgan fingerprint density at radius 2 is 2.50 bits per heavy atom. The van der Waals surface area contributed by atoms with Crippen LogP contribution in [0.5, 0.6) is 0 Å². The van der Waals surface area contributed by atoms with Gasteiger partial charge < -0.3 is 0 Å². The molecule has 0 fully saturated rings. The minimum absolute atomic E-state index is 1.27. The van der Waals surface area contributed by atoms with Crippen LogP contribution in [0.1, 0.15) is 13.3 Å². The molecule has 0 unspecified atom stereocenters. The zero-order valence-corrected chi connectivity index (χ0v) is 6.75. The van der Waals surface area contributed by atoms with Crippen molar-refractivity contribution < 1.29 is 0 Å². The number of halogens is 1. The summed E-state index contributed by atoms with van der Waals surface area (Å²) in [6.45, 7) is 2.19. The van der Waals surface area contributed by atoms with Crippen LogP contribution in [-0.2, 0) is 0 Å². The molecule has 0 aromatic rings. The Hall–Kier alpha value is 1.14. The Bertz CT molecular complexity index is 22.8. The summed E-state index contributed by atoms with van der Waals surface area (Å²) in [6.07, 6.45) is 1.28. The maximum atomic E-state index is 2.25. The van der Waals surface area contributed by atoms with Crippen LogP contribution in [0, 0.1) is 0 Å². The minimum atomic E-state index is 1.27. The molecule has 0 amide bonds. The van der Waals surface area contributed by atoms with Gasteiger partial charge in [0.1, 0.15) is 0 Å². The molecule has 0 spiro atoms. The third-order valence-corrected chi connectivity index (χ3v) is 2.23. The van der Waals surface area contributed by atoms with Crippen molar-refractivity contribution in [3.63, 3.8) is 0 Å². The molecule has 0 aliphatic heterocycles. The van der Waals surface area contributed by atoms with Gasteiger partial charge in [0.15, 0.2) is 0 Å². The van der Waals surface area contributed by atoms with E-state index in [0.29, 0.717) is 0 Å². The smallest absolute Gasteiger partial charge is 0.202 e. The van der Waals surface area contributed by atoms with Crippen molar-refractivity contribution in [3.05, 3.63) is 0 Å². The van der Waals surface area contributed by atoms with Crippen LogP contribution in [0.2, 0.25) is 0 Å². The van der Waals surface area contributed by atoms with E-state index in [1.165, 1.54) is 12.2 Å². The van der Waals surface area contributed by atoms with Crippen molar-refractivity contribution in [2.45, 2.75) is 13.3 Å². The van der Waals surface area contributed by atoms with Gasteiger partial charge in [-0.1, -0.05) is 6.92 Å². The molecule has 0 nitrogen and oxygen atoms in total. The number of rotatable bonds is 3. The first-order valence-corrected chi connectivity index (χ1v) is 4.24. The van der Waals surface area contributed by atoms with Gasteiger partial charge >= 0.3 is 0 Å². The zero-order valence-electron chi connectivity index (χ0n) is 3.78. The molecule has 0 rings (SSSR count). The molecule has 35 valence electrons. The standard InChI is InChI=1S/C3H7BIS/c1-2-3-6-4-5/h2-3H2,1H3. The average Bonchev–Trinajstić information content (AvgIpc) is 1.61. The molecule has 0 aromatic carbocycles. The molecular weight excluding hydrogens is 206 g/mol. The highest BCUT2D eigenvalue weighted by atomic mass is 127. The Labute approximate surface area is 57.5 Å². The van der Waals surface area contributed by atoms with Crippen LogP contribution < -0.4 is 0 Å². The van der Waals surface area contributed by atoms with Gasteiger partial charge in [0, 0.05) is 0 Å². The molecule has 0 bridgehead atoms. The van der Waals surface area contributed by atoms with E-state index in [-0.39, 0.29) is 0 Å². The average molecular weight is 213 g/mol. The molecule has 1 radical (unpaired) electrons. The van der Waals surface area contributed by atoms with Gasteiger partial charge in [0.25, 0.3) is 4.41 Å². The molecule has 0 saturated carbocycles. The number of hydrogen-bond acceptors (Lipinski definition) is 1. The van der Waals surface area contributed by atoms with Crippen molar-refractivity contribution in [1.82, 2.24) is 0 Å². The Morgan fingerprint density at radius 1 is 1.83 bits per heavy atom. The Kier molecular flexibility index (Phi) is 7.32. The van der Waals surface area contributed by atoms with Crippen LogP contribution in [0.25, 0.3) is 0 Å². The predicted octanol–water partition coefficient (Wildman–Crippen LogP) is 2.10. The van der Waals surface area contributed by atoms with Crippen LogP contribution in [-0.4, -0.2) is 10.2 Å². The summed E-state index contributed by atoms with van der Waals surface area (Å²) in [6, 6.07) is 0. The fraction of sp³-hybridized carbons (Fsp3) is 1.00. The molecule has 0 aliphatic rings. The van der Waals surface area contributed by atoms with E-state index in [0.717, 1.165) is 0 Å². The van der Waals surface area contributed by atoms with Crippen molar-refractivity contribution in [2.24, 2.45) is 0 Å². The second kappa shape index (κ2) is 6.14. The van der Waals surface area contributed by atoms with Gasteiger partial charge in [-0.05, 0) is 12.2 Å². The highest BCUT2D eigenvalue weighted by molar-refractivity contribution is 14.1. The van der Waals surface area contributed by atoms with Gasteiger partial charge in [-0.2, -0.15) is 0 Å². The Morgan fingerprint density at radius 3 is 2.67 bits per heavy atom. The molecule has 0 N–H and O–H groups in total. The van der Waals surface area contributed by atoms with E-state index in [9.17, 15) is 0 Å². The van der Waals surface area contributed by atoms with Crippen LogP contribution in [0.15, 0.2) is 0 Å². The normalized spacial score (nSPS) is 8.33. The van der Waals surface area contributed by atoms with Crippen LogP contribution in [0.4, 0.5) is 0 Å². The first-order valence-electron chi connectivity index (χ1n) is 1.95. The highest BCUT2D eigenvalue weighted by Crippen LogP contribution is 2.01.